The summed E-state index contributed by atoms with van der Waals surface area (Å²) in [6.07, 6.45) is 3.00. The van der Waals surface area contributed by atoms with Gasteiger partial charge in [-0.15, -0.1) is 0 Å². The maximum absolute atomic E-state index is 11.8. The molecule has 0 saturated heterocycles. The summed E-state index contributed by atoms with van der Waals surface area (Å²) in [4.78, 5) is 8.08. The molecule has 0 aromatic carbocycles. The summed E-state index contributed by atoms with van der Waals surface area (Å²) in [5.41, 5.74) is 0.783. The van der Waals surface area contributed by atoms with E-state index in [0.29, 0.717) is 6.42 Å². The number of hydrogen-bond donors (Lipinski definition) is 1. The molecule has 0 aliphatic heterocycles. The normalized spacial score (nSPS) is 13.0. The Hall–Kier alpha value is -1.14. The fraction of sp³-hybridized carbons (Fsp3) is 0.600. The van der Waals surface area contributed by atoms with Crippen LogP contribution in [0.15, 0.2) is 18.6 Å². The van der Waals surface area contributed by atoms with Gasteiger partial charge in [0.05, 0.1) is 11.7 Å². The number of ether oxygens (including phenoxy) is 1. The van der Waals surface area contributed by atoms with Crippen LogP contribution in [0.5, 0.6) is 0 Å². The Kier molecular flexibility index (Phi) is 5.81. The largest absolute Gasteiger partial charge is 0.375 e. The predicted molar refractivity (Wildman–Crippen MR) is 55.3 cm³/mol. The zero-order valence-corrected chi connectivity index (χ0v) is 9.07. The van der Waals surface area contributed by atoms with Gasteiger partial charge in [0.1, 0.15) is 6.61 Å². The van der Waals surface area contributed by atoms with E-state index in [2.05, 4.69) is 15.3 Å². The molecule has 1 aromatic heterocycles. The van der Waals surface area contributed by atoms with Crippen molar-refractivity contribution in [3.05, 3.63) is 24.3 Å². The van der Waals surface area contributed by atoms with Gasteiger partial charge in [-0.25, -0.2) is 8.78 Å². The molecule has 0 spiro atoms. The standard InChI is InChI=1S/C10H15F2N3O/c1-13-8(2-5-16-7-10(11)12)9-6-14-3-4-15-9/h3-4,6,8,10,13H,2,5,7H2,1H3. The van der Waals surface area contributed by atoms with Crippen LogP contribution in [-0.2, 0) is 4.74 Å². The fourth-order valence-corrected chi connectivity index (χ4v) is 1.30. The highest BCUT2D eigenvalue weighted by molar-refractivity contribution is 5.01. The first-order valence-corrected chi connectivity index (χ1v) is 5.03. The highest BCUT2D eigenvalue weighted by atomic mass is 19.3. The summed E-state index contributed by atoms with van der Waals surface area (Å²) < 4.78 is 28.4. The second-order valence-electron chi connectivity index (χ2n) is 3.23. The third-order valence-electron chi connectivity index (χ3n) is 2.08. The molecule has 16 heavy (non-hydrogen) atoms. The van der Waals surface area contributed by atoms with Crippen LogP contribution in [0, 0.1) is 0 Å². The molecule has 4 nitrogen and oxygen atoms in total. The lowest BCUT2D eigenvalue weighted by Crippen LogP contribution is -2.20. The molecule has 0 radical (unpaired) electrons. The number of nitrogens with zero attached hydrogens (tertiary/aromatic N) is 2. The van der Waals surface area contributed by atoms with E-state index in [0.717, 1.165) is 5.69 Å². The summed E-state index contributed by atoms with van der Waals surface area (Å²) >= 11 is 0. The van der Waals surface area contributed by atoms with Gasteiger partial charge >= 0.3 is 0 Å². The van der Waals surface area contributed by atoms with E-state index in [1.807, 2.05) is 0 Å². The van der Waals surface area contributed by atoms with Gasteiger partial charge in [-0.3, -0.25) is 9.97 Å². The molecule has 0 saturated carbocycles. The molecular weight excluding hydrogens is 216 g/mol. The van der Waals surface area contributed by atoms with E-state index in [4.69, 9.17) is 4.74 Å². The first-order chi connectivity index (χ1) is 7.74. The van der Waals surface area contributed by atoms with Crippen molar-refractivity contribution in [1.82, 2.24) is 15.3 Å². The van der Waals surface area contributed by atoms with E-state index < -0.39 is 13.0 Å². The molecule has 0 aliphatic carbocycles. The van der Waals surface area contributed by atoms with Crippen molar-refractivity contribution in [3.8, 4) is 0 Å². The van der Waals surface area contributed by atoms with Crippen LogP contribution in [0.4, 0.5) is 8.78 Å². The zero-order valence-electron chi connectivity index (χ0n) is 9.07. The minimum atomic E-state index is -2.41. The SMILES string of the molecule is CNC(CCOCC(F)F)c1cnccn1. The zero-order chi connectivity index (χ0) is 11.8. The van der Waals surface area contributed by atoms with Gasteiger partial charge in [0.2, 0.25) is 0 Å². The summed E-state index contributed by atoms with van der Waals surface area (Å²) in [5.74, 6) is 0. The van der Waals surface area contributed by atoms with E-state index in [1.54, 1.807) is 25.6 Å². The topological polar surface area (TPSA) is 47.0 Å². The quantitative estimate of drug-likeness (QED) is 0.721. The Bertz CT molecular complexity index is 285. The molecule has 1 heterocycles. The predicted octanol–water partition coefficient (Wildman–Crippen LogP) is 1.41. The smallest absolute Gasteiger partial charge is 0.261 e. The molecule has 0 bridgehead atoms. The van der Waals surface area contributed by atoms with E-state index in [9.17, 15) is 8.78 Å². The third-order valence-corrected chi connectivity index (χ3v) is 2.08. The molecule has 1 atom stereocenters. The minimum absolute atomic E-state index is 0.0219. The third kappa shape index (κ3) is 4.59. The maximum Gasteiger partial charge on any atom is 0.261 e. The lowest BCUT2D eigenvalue weighted by atomic mass is 10.1. The fourth-order valence-electron chi connectivity index (χ4n) is 1.30. The molecule has 1 aromatic rings. The van der Waals surface area contributed by atoms with Gasteiger partial charge in [-0.2, -0.15) is 0 Å². The lowest BCUT2D eigenvalue weighted by Gasteiger charge is -2.14. The Balaban J connectivity index is 2.33. The van der Waals surface area contributed by atoms with Crippen LogP contribution in [0.2, 0.25) is 0 Å². The first kappa shape index (κ1) is 12.9. The molecule has 6 heteroatoms. The van der Waals surface area contributed by atoms with Gasteiger partial charge in [0.25, 0.3) is 6.43 Å². The first-order valence-electron chi connectivity index (χ1n) is 5.03. The number of nitrogens with one attached hydrogen (secondary N) is 1. The Morgan fingerprint density at radius 3 is 2.81 bits per heavy atom. The molecule has 1 N–H and O–H groups in total. The van der Waals surface area contributed by atoms with Gasteiger partial charge < -0.3 is 10.1 Å². The number of aromatic nitrogens is 2. The molecule has 90 valence electrons. The highest BCUT2D eigenvalue weighted by Crippen LogP contribution is 2.12. The van der Waals surface area contributed by atoms with Crippen molar-refractivity contribution >= 4 is 0 Å². The van der Waals surface area contributed by atoms with Gasteiger partial charge in [-0.05, 0) is 13.5 Å². The average molecular weight is 231 g/mol. The van der Waals surface area contributed by atoms with Gasteiger partial charge in [-0.1, -0.05) is 0 Å². The van der Waals surface area contributed by atoms with E-state index in [-0.39, 0.29) is 12.6 Å². The average Bonchev–Trinajstić information content (AvgIpc) is 2.30. The number of alkyl halides is 2. The maximum atomic E-state index is 11.8. The molecule has 1 unspecified atom stereocenters. The summed E-state index contributed by atoms with van der Waals surface area (Å²) in [6, 6.07) is -0.0219. The van der Waals surface area contributed by atoms with Crippen molar-refractivity contribution in [1.29, 1.82) is 0 Å². The minimum Gasteiger partial charge on any atom is -0.375 e. The van der Waals surface area contributed by atoms with Gasteiger partial charge in [0, 0.05) is 25.2 Å². The molecule has 0 fully saturated rings. The van der Waals surface area contributed by atoms with Crippen LogP contribution < -0.4 is 5.32 Å². The Labute approximate surface area is 93.1 Å². The lowest BCUT2D eigenvalue weighted by molar-refractivity contribution is 0.0144. The molecule has 0 aliphatic rings. The summed E-state index contributed by atoms with van der Waals surface area (Å²) in [7, 11) is 1.78. The molecule has 0 amide bonds. The van der Waals surface area contributed by atoms with Crippen molar-refractivity contribution in [2.75, 3.05) is 20.3 Å². The number of halogens is 2. The van der Waals surface area contributed by atoms with Gasteiger partial charge in [0.15, 0.2) is 0 Å². The highest BCUT2D eigenvalue weighted by Gasteiger charge is 2.11. The van der Waals surface area contributed by atoms with Crippen LogP contribution in [0.1, 0.15) is 18.2 Å². The molecule has 1 rings (SSSR count). The Morgan fingerprint density at radius 2 is 2.25 bits per heavy atom. The second kappa shape index (κ2) is 7.19. The molecular formula is C10H15F2N3O. The summed E-state index contributed by atoms with van der Waals surface area (Å²) in [6.45, 7) is -0.247. The summed E-state index contributed by atoms with van der Waals surface area (Å²) in [5, 5.41) is 3.04. The van der Waals surface area contributed by atoms with E-state index >= 15 is 0 Å². The van der Waals surface area contributed by atoms with Crippen LogP contribution >= 0.6 is 0 Å². The second-order valence-corrected chi connectivity index (χ2v) is 3.23. The van der Waals surface area contributed by atoms with Crippen molar-refractivity contribution in [2.45, 2.75) is 18.9 Å². The number of rotatable bonds is 7. The van der Waals surface area contributed by atoms with Crippen molar-refractivity contribution in [3.63, 3.8) is 0 Å². The van der Waals surface area contributed by atoms with Crippen LogP contribution in [0.3, 0.4) is 0 Å². The Morgan fingerprint density at radius 1 is 1.44 bits per heavy atom. The van der Waals surface area contributed by atoms with Crippen LogP contribution in [-0.4, -0.2) is 36.7 Å². The monoisotopic (exact) mass is 231 g/mol. The number of hydrogen-bond acceptors (Lipinski definition) is 4. The van der Waals surface area contributed by atoms with Crippen molar-refractivity contribution in [2.24, 2.45) is 0 Å². The van der Waals surface area contributed by atoms with E-state index in [1.165, 1.54) is 0 Å². The van der Waals surface area contributed by atoms with Crippen molar-refractivity contribution < 1.29 is 13.5 Å². The van der Waals surface area contributed by atoms with Crippen LogP contribution in [0.25, 0.3) is 0 Å².